The Bertz CT molecular complexity index is 706. The fraction of sp³-hybridized carbons (Fsp3) is 0.550. The molecule has 0 N–H and O–H groups in total. The first-order chi connectivity index (χ1) is 12.7. The number of carbonyl (C=O) groups is 1. The number of carbonyl (C=O) groups excluding carboxylic acids is 1. The van der Waals surface area contributed by atoms with Gasteiger partial charge in [-0.15, -0.1) is 0 Å². The Morgan fingerprint density at radius 2 is 2.23 bits per heavy atom. The maximum absolute atomic E-state index is 12.5. The van der Waals surface area contributed by atoms with E-state index in [0.717, 1.165) is 52.2 Å². The van der Waals surface area contributed by atoms with E-state index < -0.39 is 0 Å². The molecule has 1 atom stereocenters. The summed E-state index contributed by atoms with van der Waals surface area (Å²) in [7, 11) is 1.80. The zero-order chi connectivity index (χ0) is 18.0. The number of furan rings is 1. The average molecular weight is 375 g/mol. The predicted octanol–water partition coefficient (Wildman–Crippen LogP) is 3.34. The molecule has 0 radical (unpaired) electrons. The molecule has 2 aliphatic rings. The maximum atomic E-state index is 12.5. The fourth-order valence-corrected chi connectivity index (χ4v) is 5.27. The summed E-state index contributed by atoms with van der Waals surface area (Å²) < 4.78 is 10.8. The van der Waals surface area contributed by atoms with Gasteiger partial charge >= 0.3 is 0 Å². The van der Waals surface area contributed by atoms with Gasteiger partial charge in [0.15, 0.2) is 5.76 Å². The summed E-state index contributed by atoms with van der Waals surface area (Å²) in [6.45, 7) is 5.58. The average Bonchev–Trinajstić information content (AvgIpc) is 3.39. The topological polar surface area (TPSA) is 45.9 Å². The molecule has 140 valence electrons. The lowest BCUT2D eigenvalue weighted by Crippen LogP contribution is -2.47. The smallest absolute Gasteiger partial charge is 0.289 e. The molecule has 0 saturated carbocycles. The Morgan fingerprint density at radius 1 is 1.38 bits per heavy atom. The molecular formula is C20H26N2O3S. The minimum atomic E-state index is 0.0151. The van der Waals surface area contributed by atoms with Gasteiger partial charge < -0.3 is 14.1 Å². The third kappa shape index (κ3) is 3.46. The van der Waals surface area contributed by atoms with Crippen LogP contribution in [-0.2, 0) is 11.3 Å². The Morgan fingerprint density at radius 3 is 2.88 bits per heavy atom. The lowest BCUT2D eigenvalue weighted by Gasteiger charge is -2.42. The summed E-state index contributed by atoms with van der Waals surface area (Å²) >= 11 is 1.76. The van der Waals surface area contributed by atoms with Gasteiger partial charge in [0.25, 0.3) is 5.91 Å². The fourth-order valence-electron chi connectivity index (χ4n) is 4.61. The second-order valence-corrected chi connectivity index (χ2v) is 8.37. The molecule has 5 nitrogen and oxygen atoms in total. The molecule has 2 aromatic heterocycles. The molecule has 6 heteroatoms. The zero-order valence-corrected chi connectivity index (χ0v) is 16.0. The number of likely N-dealkylation sites (tertiary alicyclic amines) is 2. The summed E-state index contributed by atoms with van der Waals surface area (Å²) in [5, 5.41) is 4.38. The quantitative estimate of drug-likeness (QED) is 0.805. The van der Waals surface area contributed by atoms with Gasteiger partial charge in [-0.25, -0.2) is 0 Å². The standard InChI is InChI=1S/C20H26N2O3S/c1-24-13-17-12-21(11-16-4-10-26-14-16)15-20(17)5-7-22(8-6-20)19(23)18-3-2-9-25-18/h2-4,9-10,14,17H,5-8,11-13,15H2,1H3/t17-/m1/s1. The van der Waals surface area contributed by atoms with Gasteiger partial charge in [-0.2, -0.15) is 11.3 Å². The summed E-state index contributed by atoms with van der Waals surface area (Å²) in [5.41, 5.74) is 1.65. The molecule has 0 aromatic carbocycles. The molecule has 2 aliphatic heterocycles. The monoisotopic (exact) mass is 374 g/mol. The van der Waals surface area contributed by atoms with Gasteiger partial charge in [0.2, 0.25) is 0 Å². The highest BCUT2D eigenvalue weighted by molar-refractivity contribution is 7.07. The second kappa shape index (κ2) is 7.55. The Labute approximate surface area is 158 Å². The van der Waals surface area contributed by atoms with E-state index in [4.69, 9.17) is 9.15 Å². The van der Waals surface area contributed by atoms with E-state index in [1.807, 2.05) is 4.90 Å². The highest BCUT2D eigenvalue weighted by Gasteiger charge is 2.48. The SMILES string of the molecule is COC[C@H]1CN(Cc2ccsc2)CC12CCN(C(=O)c1ccco1)CC2. The van der Waals surface area contributed by atoms with Crippen LogP contribution in [0.4, 0.5) is 0 Å². The van der Waals surface area contributed by atoms with Crippen molar-refractivity contribution in [3.05, 3.63) is 46.5 Å². The number of thiophene rings is 1. The van der Waals surface area contributed by atoms with Crippen molar-refractivity contribution in [3.63, 3.8) is 0 Å². The van der Waals surface area contributed by atoms with Gasteiger partial charge in [0.05, 0.1) is 12.9 Å². The van der Waals surface area contributed by atoms with Gasteiger partial charge in [-0.3, -0.25) is 9.69 Å². The summed E-state index contributed by atoms with van der Waals surface area (Å²) in [5.74, 6) is 0.994. The number of ether oxygens (including phenoxy) is 1. The van der Waals surface area contributed by atoms with Crippen LogP contribution in [0.15, 0.2) is 39.6 Å². The van der Waals surface area contributed by atoms with Crippen LogP contribution in [-0.4, -0.2) is 55.6 Å². The lowest BCUT2D eigenvalue weighted by molar-refractivity contribution is 0.0306. The van der Waals surface area contributed by atoms with Gasteiger partial charge in [-0.1, -0.05) is 0 Å². The van der Waals surface area contributed by atoms with E-state index in [9.17, 15) is 4.79 Å². The number of amides is 1. The largest absolute Gasteiger partial charge is 0.459 e. The Kier molecular flexibility index (Phi) is 5.16. The number of methoxy groups -OCH3 is 1. The van der Waals surface area contributed by atoms with Crippen LogP contribution in [0.1, 0.15) is 29.0 Å². The van der Waals surface area contributed by atoms with Crippen LogP contribution < -0.4 is 0 Å². The number of hydrogen-bond acceptors (Lipinski definition) is 5. The summed E-state index contributed by atoms with van der Waals surface area (Å²) in [4.78, 5) is 17.1. The highest BCUT2D eigenvalue weighted by Crippen LogP contribution is 2.45. The molecule has 1 spiro atoms. The molecule has 0 aliphatic carbocycles. The van der Waals surface area contributed by atoms with Crippen LogP contribution in [0.2, 0.25) is 0 Å². The zero-order valence-electron chi connectivity index (χ0n) is 15.2. The van der Waals surface area contributed by atoms with E-state index in [1.165, 1.54) is 5.56 Å². The number of piperidine rings is 1. The first-order valence-corrected chi connectivity index (χ1v) is 10.2. The third-order valence-electron chi connectivity index (χ3n) is 6.02. The molecule has 0 unspecified atom stereocenters. The molecule has 26 heavy (non-hydrogen) atoms. The molecule has 2 fully saturated rings. The van der Waals surface area contributed by atoms with Gasteiger partial charge in [-0.05, 0) is 52.8 Å². The van der Waals surface area contributed by atoms with Crippen molar-refractivity contribution in [2.75, 3.05) is 39.9 Å². The van der Waals surface area contributed by atoms with Crippen molar-refractivity contribution < 1.29 is 13.9 Å². The molecule has 0 bridgehead atoms. The second-order valence-electron chi connectivity index (χ2n) is 7.59. The molecule has 2 aromatic rings. The summed E-state index contributed by atoms with van der Waals surface area (Å²) in [6, 6.07) is 5.73. The van der Waals surface area contributed by atoms with E-state index in [2.05, 4.69) is 21.7 Å². The van der Waals surface area contributed by atoms with E-state index in [0.29, 0.717) is 11.7 Å². The lowest BCUT2D eigenvalue weighted by atomic mass is 9.71. The minimum Gasteiger partial charge on any atom is -0.459 e. The first-order valence-electron chi connectivity index (χ1n) is 9.25. The van der Waals surface area contributed by atoms with E-state index >= 15 is 0 Å². The third-order valence-corrected chi connectivity index (χ3v) is 6.75. The van der Waals surface area contributed by atoms with Crippen molar-refractivity contribution in [1.82, 2.24) is 9.80 Å². The molecule has 2 saturated heterocycles. The minimum absolute atomic E-state index is 0.0151. The van der Waals surface area contributed by atoms with Crippen LogP contribution >= 0.6 is 11.3 Å². The van der Waals surface area contributed by atoms with Crippen molar-refractivity contribution in [3.8, 4) is 0 Å². The Hall–Kier alpha value is -1.63. The van der Waals surface area contributed by atoms with Crippen LogP contribution in [0, 0.1) is 11.3 Å². The van der Waals surface area contributed by atoms with Crippen molar-refractivity contribution in [1.29, 1.82) is 0 Å². The maximum Gasteiger partial charge on any atom is 0.289 e. The van der Waals surface area contributed by atoms with Crippen LogP contribution in [0.5, 0.6) is 0 Å². The highest BCUT2D eigenvalue weighted by atomic mass is 32.1. The summed E-state index contributed by atoms with van der Waals surface area (Å²) in [6.07, 6.45) is 3.63. The first kappa shape index (κ1) is 17.8. The normalized spacial score (nSPS) is 23.0. The molecule has 4 heterocycles. The van der Waals surface area contributed by atoms with Crippen molar-refractivity contribution in [2.24, 2.45) is 11.3 Å². The molecule has 1 amide bonds. The van der Waals surface area contributed by atoms with Crippen LogP contribution in [0.25, 0.3) is 0 Å². The number of nitrogens with zero attached hydrogens (tertiary/aromatic N) is 2. The molecular weight excluding hydrogens is 348 g/mol. The van der Waals surface area contributed by atoms with Gasteiger partial charge in [0, 0.05) is 45.8 Å². The van der Waals surface area contributed by atoms with Crippen molar-refractivity contribution >= 4 is 17.2 Å². The number of hydrogen-bond donors (Lipinski definition) is 0. The predicted molar refractivity (Wildman–Crippen MR) is 101 cm³/mol. The van der Waals surface area contributed by atoms with Crippen molar-refractivity contribution in [2.45, 2.75) is 19.4 Å². The van der Waals surface area contributed by atoms with Gasteiger partial charge in [0.1, 0.15) is 0 Å². The molecule has 4 rings (SSSR count). The Balaban J connectivity index is 1.42. The van der Waals surface area contributed by atoms with Crippen LogP contribution in [0.3, 0.4) is 0 Å². The van der Waals surface area contributed by atoms with E-state index in [1.54, 1.807) is 36.8 Å². The van der Waals surface area contributed by atoms with E-state index in [-0.39, 0.29) is 11.3 Å². The number of rotatable bonds is 5.